The number of aryl methyl sites for hydroxylation is 2. The number of hydrogen-bond donors (Lipinski definition) is 2. The highest BCUT2D eigenvalue weighted by atomic mass is 16.1. The van der Waals surface area contributed by atoms with Crippen LogP contribution in [0.2, 0.25) is 0 Å². The first-order chi connectivity index (χ1) is 5.74. The van der Waals surface area contributed by atoms with E-state index in [4.69, 9.17) is 0 Å². The first-order valence-corrected chi connectivity index (χ1v) is 3.76. The molecule has 64 valence electrons. The second kappa shape index (κ2) is 3.76. The van der Waals surface area contributed by atoms with Crippen molar-refractivity contribution in [1.29, 1.82) is 0 Å². The Morgan fingerprint density at radius 3 is 2.67 bits per heavy atom. The maximum absolute atomic E-state index is 9.98. The van der Waals surface area contributed by atoms with Crippen molar-refractivity contribution < 1.29 is 4.79 Å². The van der Waals surface area contributed by atoms with Crippen molar-refractivity contribution in [2.75, 3.05) is 5.43 Å². The fraction of sp³-hybridized carbons (Fsp3) is 0.222. The van der Waals surface area contributed by atoms with Gasteiger partial charge in [0, 0.05) is 0 Å². The SMILES string of the molecule is Cc1ccc(NNC=O)c(C)c1. The molecule has 3 heteroatoms. The van der Waals surface area contributed by atoms with E-state index in [1.54, 1.807) is 0 Å². The van der Waals surface area contributed by atoms with Crippen molar-refractivity contribution in [2.45, 2.75) is 13.8 Å². The van der Waals surface area contributed by atoms with Crippen molar-refractivity contribution in [3.05, 3.63) is 29.3 Å². The fourth-order valence-corrected chi connectivity index (χ4v) is 1.06. The summed E-state index contributed by atoms with van der Waals surface area (Å²) < 4.78 is 0. The fourth-order valence-electron chi connectivity index (χ4n) is 1.06. The van der Waals surface area contributed by atoms with Crippen LogP contribution in [0.3, 0.4) is 0 Å². The molecule has 0 spiro atoms. The molecule has 0 atom stereocenters. The summed E-state index contributed by atoms with van der Waals surface area (Å²) in [7, 11) is 0. The summed E-state index contributed by atoms with van der Waals surface area (Å²) in [6.07, 6.45) is 0.610. The van der Waals surface area contributed by atoms with Crippen LogP contribution >= 0.6 is 0 Å². The van der Waals surface area contributed by atoms with E-state index in [0.29, 0.717) is 6.41 Å². The summed E-state index contributed by atoms with van der Waals surface area (Å²) in [6, 6.07) is 5.97. The lowest BCUT2D eigenvalue weighted by Gasteiger charge is -2.07. The molecule has 0 aromatic heterocycles. The third-order valence-corrected chi connectivity index (χ3v) is 1.65. The number of amides is 1. The van der Waals surface area contributed by atoms with Gasteiger partial charge >= 0.3 is 0 Å². The number of anilines is 1. The number of carbonyl (C=O) groups excluding carboxylic acids is 1. The van der Waals surface area contributed by atoms with Crippen molar-refractivity contribution >= 4 is 12.1 Å². The van der Waals surface area contributed by atoms with Gasteiger partial charge in [-0.3, -0.25) is 15.6 Å². The third kappa shape index (κ3) is 1.99. The molecule has 1 aromatic rings. The van der Waals surface area contributed by atoms with E-state index in [-0.39, 0.29) is 0 Å². The highest BCUT2D eigenvalue weighted by molar-refractivity contribution is 5.56. The molecule has 2 N–H and O–H groups in total. The second-order valence-corrected chi connectivity index (χ2v) is 2.71. The topological polar surface area (TPSA) is 41.1 Å². The van der Waals surface area contributed by atoms with Gasteiger partial charge in [0.05, 0.1) is 5.69 Å². The smallest absolute Gasteiger partial charge is 0.225 e. The largest absolute Gasteiger partial charge is 0.299 e. The normalized spacial score (nSPS) is 9.17. The molecule has 1 rings (SSSR count). The van der Waals surface area contributed by atoms with Crippen LogP contribution in [-0.4, -0.2) is 6.41 Å². The molecule has 0 aliphatic carbocycles. The van der Waals surface area contributed by atoms with Crippen LogP contribution in [0.15, 0.2) is 18.2 Å². The molecule has 0 heterocycles. The zero-order valence-corrected chi connectivity index (χ0v) is 7.22. The minimum absolute atomic E-state index is 0.610. The molecular formula is C9H12N2O. The molecule has 1 amide bonds. The number of hydrogen-bond acceptors (Lipinski definition) is 2. The van der Waals surface area contributed by atoms with Crippen molar-refractivity contribution in [3.8, 4) is 0 Å². The molecule has 0 saturated heterocycles. The van der Waals surface area contributed by atoms with E-state index in [1.165, 1.54) is 5.56 Å². The van der Waals surface area contributed by atoms with Crippen molar-refractivity contribution in [2.24, 2.45) is 0 Å². The van der Waals surface area contributed by atoms with Crippen LogP contribution < -0.4 is 10.9 Å². The molecule has 0 bridgehead atoms. The Morgan fingerprint density at radius 2 is 2.08 bits per heavy atom. The van der Waals surface area contributed by atoms with Crippen LogP contribution in [-0.2, 0) is 4.79 Å². The van der Waals surface area contributed by atoms with E-state index >= 15 is 0 Å². The number of carbonyl (C=O) groups is 1. The van der Waals surface area contributed by atoms with Gasteiger partial charge in [0.1, 0.15) is 0 Å². The predicted molar refractivity (Wildman–Crippen MR) is 48.7 cm³/mol. The second-order valence-electron chi connectivity index (χ2n) is 2.71. The molecule has 0 unspecified atom stereocenters. The lowest BCUT2D eigenvalue weighted by molar-refractivity contribution is -0.109. The highest BCUT2D eigenvalue weighted by Gasteiger charge is 1.95. The van der Waals surface area contributed by atoms with Gasteiger partial charge in [-0.1, -0.05) is 17.7 Å². The van der Waals surface area contributed by atoms with Gasteiger partial charge in [-0.05, 0) is 25.5 Å². The number of hydrazine groups is 1. The van der Waals surface area contributed by atoms with Gasteiger partial charge in [-0.25, -0.2) is 0 Å². The van der Waals surface area contributed by atoms with Gasteiger partial charge < -0.3 is 0 Å². The van der Waals surface area contributed by atoms with Crippen LogP contribution in [0.25, 0.3) is 0 Å². The highest BCUT2D eigenvalue weighted by Crippen LogP contribution is 2.14. The van der Waals surface area contributed by atoms with Crippen LogP contribution in [0, 0.1) is 13.8 Å². The number of benzene rings is 1. The van der Waals surface area contributed by atoms with Gasteiger partial charge in [-0.2, -0.15) is 0 Å². The summed E-state index contributed by atoms with van der Waals surface area (Å²) in [4.78, 5) is 9.98. The van der Waals surface area contributed by atoms with Crippen LogP contribution in [0.1, 0.15) is 11.1 Å². The average molecular weight is 164 g/mol. The van der Waals surface area contributed by atoms with E-state index in [1.807, 2.05) is 26.0 Å². The summed E-state index contributed by atoms with van der Waals surface area (Å²) in [5.74, 6) is 0. The Balaban J connectivity index is 2.78. The Kier molecular flexibility index (Phi) is 2.69. The Morgan fingerprint density at radius 1 is 1.33 bits per heavy atom. The molecule has 1 aromatic carbocycles. The zero-order valence-electron chi connectivity index (χ0n) is 7.22. The monoisotopic (exact) mass is 164 g/mol. The van der Waals surface area contributed by atoms with E-state index < -0.39 is 0 Å². The standard InChI is InChI=1S/C9H12N2O/c1-7-3-4-9(8(2)5-7)11-10-6-12/h3-6,11H,1-2H3,(H,10,12). The lowest BCUT2D eigenvalue weighted by Crippen LogP contribution is -2.19. The zero-order chi connectivity index (χ0) is 8.97. The molecule has 0 radical (unpaired) electrons. The van der Waals surface area contributed by atoms with Gasteiger partial charge in [-0.15, -0.1) is 0 Å². The Bertz CT molecular complexity index is 284. The number of nitrogens with one attached hydrogen (secondary N) is 2. The Hall–Kier alpha value is -1.51. The summed E-state index contributed by atoms with van der Waals surface area (Å²) in [5.41, 5.74) is 8.42. The molecular weight excluding hydrogens is 152 g/mol. The van der Waals surface area contributed by atoms with E-state index in [2.05, 4.69) is 16.9 Å². The average Bonchev–Trinajstić information content (AvgIpc) is 2.03. The predicted octanol–water partition coefficient (Wildman–Crippen LogP) is 1.38. The van der Waals surface area contributed by atoms with Gasteiger partial charge in [0.2, 0.25) is 6.41 Å². The molecule has 0 aliphatic rings. The van der Waals surface area contributed by atoms with Gasteiger partial charge in [0.25, 0.3) is 0 Å². The molecule has 12 heavy (non-hydrogen) atoms. The summed E-state index contributed by atoms with van der Waals surface area (Å²) in [6.45, 7) is 4.02. The maximum Gasteiger partial charge on any atom is 0.225 e. The van der Waals surface area contributed by atoms with E-state index in [0.717, 1.165) is 11.3 Å². The molecule has 3 nitrogen and oxygen atoms in total. The molecule has 0 aliphatic heterocycles. The lowest BCUT2D eigenvalue weighted by atomic mass is 10.1. The summed E-state index contributed by atoms with van der Waals surface area (Å²) in [5, 5.41) is 0. The van der Waals surface area contributed by atoms with Crippen LogP contribution in [0.4, 0.5) is 5.69 Å². The van der Waals surface area contributed by atoms with Crippen molar-refractivity contribution in [3.63, 3.8) is 0 Å². The van der Waals surface area contributed by atoms with Crippen LogP contribution in [0.5, 0.6) is 0 Å². The first kappa shape index (κ1) is 8.59. The van der Waals surface area contributed by atoms with Crippen molar-refractivity contribution in [1.82, 2.24) is 5.43 Å². The quantitative estimate of drug-likeness (QED) is 0.523. The molecule has 0 saturated carbocycles. The van der Waals surface area contributed by atoms with Gasteiger partial charge in [0.15, 0.2) is 0 Å². The third-order valence-electron chi connectivity index (χ3n) is 1.65. The minimum Gasteiger partial charge on any atom is -0.299 e. The maximum atomic E-state index is 9.98. The molecule has 0 fully saturated rings. The summed E-state index contributed by atoms with van der Waals surface area (Å²) >= 11 is 0. The first-order valence-electron chi connectivity index (χ1n) is 3.76. The van der Waals surface area contributed by atoms with E-state index in [9.17, 15) is 4.79 Å². The minimum atomic E-state index is 0.610. The number of rotatable bonds is 3. The Labute approximate surface area is 71.8 Å².